The summed E-state index contributed by atoms with van der Waals surface area (Å²) in [6.45, 7) is 15.0. The van der Waals surface area contributed by atoms with E-state index in [2.05, 4.69) is 51.9 Å². The number of nitrogens with one attached hydrogen (secondary N) is 1. The molecule has 1 saturated carbocycles. The molecule has 0 aromatic rings. The summed E-state index contributed by atoms with van der Waals surface area (Å²) in [7, 11) is 2.14. The second-order valence-electron chi connectivity index (χ2n) is 8.48. The molecule has 1 aliphatic heterocycles. The molecule has 124 valence electrons. The van der Waals surface area contributed by atoms with Crippen molar-refractivity contribution in [2.24, 2.45) is 17.3 Å². The quantitative estimate of drug-likeness (QED) is 0.866. The first-order valence-electron chi connectivity index (χ1n) is 8.84. The van der Waals surface area contributed by atoms with E-state index in [9.17, 15) is 0 Å². The van der Waals surface area contributed by atoms with Crippen molar-refractivity contribution in [3.05, 3.63) is 0 Å². The van der Waals surface area contributed by atoms with Crippen LogP contribution >= 0.6 is 0 Å². The normalized spacial score (nSPS) is 39.4. The Morgan fingerprint density at radius 1 is 1.19 bits per heavy atom. The Morgan fingerprint density at radius 2 is 1.90 bits per heavy atom. The van der Waals surface area contributed by atoms with Crippen LogP contribution in [-0.2, 0) is 4.74 Å². The minimum absolute atomic E-state index is 0.385. The van der Waals surface area contributed by atoms with Crippen LogP contribution in [0.2, 0.25) is 0 Å². The Labute approximate surface area is 131 Å². The van der Waals surface area contributed by atoms with Gasteiger partial charge in [-0.25, -0.2) is 0 Å². The molecular formula is C18H36N2O. The maximum absolute atomic E-state index is 5.78. The zero-order valence-electron chi connectivity index (χ0n) is 15.0. The number of nitrogens with zero attached hydrogens (tertiary/aromatic N) is 1. The van der Waals surface area contributed by atoms with Crippen molar-refractivity contribution in [1.82, 2.24) is 10.2 Å². The van der Waals surface area contributed by atoms with Crippen LogP contribution in [0.3, 0.4) is 0 Å². The maximum Gasteiger partial charge on any atom is 0.0674 e. The summed E-state index contributed by atoms with van der Waals surface area (Å²) in [5.41, 5.74) is 0.445. The van der Waals surface area contributed by atoms with Gasteiger partial charge in [0, 0.05) is 25.2 Å². The highest BCUT2D eigenvalue weighted by Gasteiger charge is 2.37. The average molecular weight is 296 g/mol. The standard InChI is InChI=1S/C18H36N2O/c1-13-12-21-14(2)10-20(13)11-15-9-16(18(3,4)5)7-8-17(15)19-6/h13-17,19H,7-12H2,1-6H3. The van der Waals surface area contributed by atoms with Crippen LogP contribution in [-0.4, -0.2) is 49.8 Å². The van der Waals surface area contributed by atoms with Gasteiger partial charge in [-0.1, -0.05) is 20.8 Å². The molecule has 0 amide bonds. The second kappa shape index (κ2) is 6.97. The smallest absolute Gasteiger partial charge is 0.0674 e. The van der Waals surface area contributed by atoms with Gasteiger partial charge in [-0.05, 0) is 57.4 Å². The van der Waals surface area contributed by atoms with Crippen molar-refractivity contribution in [2.45, 2.75) is 72.1 Å². The summed E-state index contributed by atoms with van der Waals surface area (Å²) in [6, 6.07) is 1.25. The first-order valence-corrected chi connectivity index (χ1v) is 8.84. The third-order valence-electron chi connectivity index (χ3n) is 5.78. The highest BCUT2D eigenvalue weighted by molar-refractivity contribution is 4.91. The van der Waals surface area contributed by atoms with Gasteiger partial charge in [0.05, 0.1) is 12.7 Å². The lowest BCUT2D eigenvalue weighted by Crippen LogP contribution is -2.53. The molecule has 1 heterocycles. The lowest BCUT2D eigenvalue weighted by Gasteiger charge is -2.45. The van der Waals surface area contributed by atoms with E-state index in [1.165, 1.54) is 25.8 Å². The van der Waals surface area contributed by atoms with E-state index < -0.39 is 0 Å². The van der Waals surface area contributed by atoms with Gasteiger partial charge in [-0.3, -0.25) is 4.90 Å². The van der Waals surface area contributed by atoms with Gasteiger partial charge in [0.25, 0.3) is 0 Å². The summed E-state index contributed by atoms with van der Waals surface area (Å²) < 4.78 is 5.78. The maximum atomic E-state index is 5.78. The Balaban J connectivity index is 2.00. The van der Waals surface area contributed by atoms with Gasteiger partial charge in [0.2, 0.25) is 0 Å². The van der Waals surface area contributed by atoms with Gasteiger partial charge in [0.1, 0.15) is 0 Å². The molecule has 0 radical (unpaired) electrons. The van der Waals surface area contributed by atoms with Gasteiger partial charge in [-0.15, -0.1) is 0 Å². The Hall–Kier alpha value is -0.120. The van der Waals surface area contributed by atoms with Crippen LogP contribution in [0, 0.1) is 17.3 Å². The predicted octanol–water partition coefficient (Wildman–Crippen LogP) is 3.15. The Morgan fingerprint density at radius 3 is 2.52 bits per heavy atom. The van der Waals surface area contributed by atoms with E-state index in [1.54, 1.807) is 0 Å². The van der Waals surface area contributed by atoms with Crippen LogP contribution in [0.5, 0.6) is 0 Å². The molecule has 1 aliphatic carbocycles. The van der Waals surface area contributed by atoms with Crippen molar-refractivity contribution in [1.29, 1.82) is 0 Å². The number of hydrogen-bond acceptors (Lipinski definition) is 3. The monoisotopic (exact) mass is 296 g/mol. The molecule has 0 spiro atoms. The first kappa shape index (κ1) is 17.2. The minimum Gasteiger partial charge on any atom is -0.376 e. The summed E-state index contributed by atoms with van der Waals surface area (Å²) in [4.78, 5) is 2.66. The number of rotatable bonds is 3. The molecule has 1 N–H and O–H groups in total. The highest BCUT2D eigenvalue weighted by Crippen LogP contribution is 2.40. The molecule has 0 aromatic heterocycles. The van der Waals surface area contributed by atoms with E-state index in [0.29, 0.717) is 23.6 Å². The highest BCUT2D eigenvalue weighted by atomic mass is 16.5. The van der Waals surface area contributed by atoms with Crippen LogP contribution in [0.4, 0.5) is 0 Å². The SMILES string of the molecule is CNC1CCC(C(C)(C)C)CC1CN1CC(C)OCC1C. The van der Waals surface area contributed by atoms with Crippen LogP contribution < -0.4 is 5.32 Å². The number of ether oxygens (including phenoxy) is 1. The molecule has 21 heavy (non-hydrogen) atoms. The summed E-state index contributed by atoms with van der Waals surface area (Å²) in [6.07, 6.45) is 4.46. The third kappa shape index (κ3) is 4.43. The molecule has 5 unspecified atom stereocenters. The fourth-order valence-electron chi connectivity index (χ4n) is 4.16. The zero-order valence-corrected chi connectivity index (χ0v) is 15.0. The lowest BCUT2D eigenvalue weighted by atomic mass is 9.67. The molecule has 0 aromatic carbocycles. The predicted molar refractivity (Wildman–Crippen MR) is 89.6 cm³/mol. The van der Waals surface area contributed by atoms with E-state index in [-0.39, 0.29) is 0 Å². The average Bonchev–Trinajstić information content (AvgIpc) is 2.42. The van der Waals surface area contributed by atoms with E-state index in [4.69, 9.17) is 4.74 Å². The molecule has 2 aliphatic rings. The molecule has 3 heteroatoms. The third-order valence-corrected chi connectivity index (χ3v) is 5.78. The largest absolute Gasteiger partial charge is 0.376 e. The number of hydrogen-bond donors (Lipinski definition) is 1. The summed E-state index contributed by atoms with van der Waals surface area (Å²) >= 11 is 0. The zero-order chi connectivity index (χ0) is 15.6. The Kier molecular flexibility index (Phi) is 5.72. The fourth-order valence-corrected chi connectivity index (χ4v) is 4.16. The molecule has 2 fully saturated rings. The van der Waals surface area contributed by atoms with E-state index in [0.717, 1.165) is 25.0 Å². The molecule has 2 rings (SSSR count). The summed E-state index contributed by atoms with van der Waals surface area (Å²) in [5, 5.41) is 3.58. The van der Waals surface area contributed by atoms with E-state index in [1.807, 2.05) is 0 Å². The van der Waals surface area contributed by atoms with Crippen molar-refractivity contribution < 1.29 is 4.74 Å². The van der Waals surface area contributed by atoms with Crippen molar-refractivity contribution >= 4 is 0 Å². The van der Waals surface area contributed by atoms with Crippen molar-refractivity contribution in [3.63, 3.8) is 0 Å². The second-order valence-corrected chi connectivity index (χ2v) is 8.48. The van der Waals surface area contributed by atoms with Crippen molar-refractivity contribution in [2.75, 3.05) is 26.7 Å². The molecule has 1 saturated heterocycles. The molecular weight excluding hydrogens is 260 g/mol. The molecule has 5 atom stereocenters. The lowest BCUT2D eigenvalue weighted by molar-refractivity contribution is -0.0600. The topological polar surface area (TPSA) is 24.5 Å². The van der Waals surface area contributed by atoms with Crippen molar-refractivity contribution in [3.8, 4) is 0 Å². The van der Waals surface area contributed by atoms with Crippen LogP contribution in [0.25, 0.3) is 0 Å². The van der Waals surface area contributed by atoms with Gasteiger partial charge in [0.15, 0.2) is 0 Å². The summed E-state index contributed by atoms with van der Waals surface area (Å²) in [5.74, 6) is 1.64. The molecule has 0 bridgehead atoms. The van der Waals surface area contributed by atoms with Gasteiger partial charge in [-0.2, -0.15) is 0 Å². The fraction of sp³-hybridized carbons (Fsp3) is 1.00. The van der Waals surface area contributed by atoms with Crippen LogP contribution in [0.1, 0.15) is 53.9 Å². The van der Waals surface area contributed by atoms with Gasteiger partial charge < -0.3 is 10.1 Å². The first-order chi connectivity index (χ1) is 9.81. The number of morpholine rings is 1. The van der Waals surface area contributed by atoms with Crippen LogP contribution in [0.15, 0.2) is 0 Å². The minimum atomic E-state index is 0.385. The van der Waals surface area contributed by atoms with Gasteiger partial charge >= 0.3 is 0 Å². The van der Waals surface area contributed by atoms with E-state index >= 15 is 0 Å². The Bertz CT molecular complexity index is 326. The molecule has 3 nitrogen and oxygen atoms in total.